The van der Waals surface area contributed by atoms with Crippen molar-refractivity contribution < 1.29 is 14.3 Å². The number of pyridine rings is 1. The van der Waals surface area contributed by atoms with Crippen LogP contribution in [0.3, 0.4) is 0 Å². The van der Waals surface area contributed by atoms with Gasteiger partial charge in [0.1, 0.15) is 5.82 Å². The fraction of sp³-hybridized carbons (Fsp3) is 0.250. The predicted molar refractivity (Wildman–Crippen MR) is 105 cm³/mol. The predicted octanol–water partition coefficient (Wildman–Crippen LogP) is 1.40. The lowest BCUT2D eigenvalue weighted by Gasteiger charge is -2.29. The van der Waals surface area contributed by atoms with E-state index in [1.165, 1.54) is 0 Å². The number of amides is 2. The average Bonchev–Trinajstić information content (AvgIpc) is 3.15. The van der Waals surface area contributed by atoms with Crippen molar-refractivity contribution in [2.45, 2.75) is 6.42 Å². The number of ether oxygens (including phenoxy) is 1. The third-order valence-corrected chi connectivity index (χ3v) is 4.68. The van der Waals surface area contributed by atoms with Crippen molar-refractivity contribution in [3.8, 4) is 0 Å². The number of fused-ring (bicyclic) bond motifs is 1. The van der Waals surface area contributed by atoms with Gasteiger partial charge in [0.2, 0.25) is 5.91 Å². The minimum absolute atomic E-state index is 0.160. The number of hydrogen-bond acceptors (Lipinski definition) is 5. The van der Waals surface area contributed by atoms with Crippen molar-refractivity contribution in [2.24, 2.45) is 0 Å². The molecule has 0 aliphatic carbocycles. The summed E-state index contributed by atoms with van der Waals surface area (Å²) < 4.78 is 5.35. The number of para-hydroxylation sites is 1. The molecule has 0 saturated carbocycles. The molecule has 144 valence electrons. The summed E-state index contributed by atoms with van der Waals surface area (Å²) in [6.07, 6.45) is 3.62. The monoisotopic (exact) mass is 379 g/mol. The molecule has 3 N–H and O–H groups in total. The van der Waals surface area contributed by atoms with E-state index in [1.807, 2.05) is 35.4 Å². The summed E-state index contributed by atoms with van der Waals surface area (Å²) in [6.45, 7) is 2.53. The summed E-state index contributed by atoms with van der Waals surface area (Å²) in [5.41, 5.74) is 7.24. The maximum absolute atomic E-state index is 12.6. The Labute approximate surface area is 161 Å². The Hall–Kier alpha value is -3.39. The van der Waals surface area contributed by atoms with Crippen molar-refractivity contribution >= 4 is 28.5 Å². The summed E-state index contributed by atoms with van der Waals surface area (Å²) in [4.78, 5) is 34.4. The van der Waals surface area contributed by atoms with E-state index in [0.29, 0.717) is 37.7 Å². The van der Waals surface area contributed by atoms with Gasteiger partial charge in [0.05, 0.1) is 25.2 Å². The van der Waals surface area contributed by atoms with E-state index in [2.05, 4.69) is 20.8 Å². The van der Waals surface area contributed by atoms with Gasteiger partial charge < -0.3 is 14.6 Å². The van der Waals surface area contributed by atoms with E-state index in [9.17, 15) is 9.59 Å². The minimum Gasteiger partial charge on any atom is -0.378 e. The standard InChI is InChI=1S/C20H21N5O3/c26-18(12-14-13-22-17-6-2-1-4-15(14)17)23-24-20(27)16-5-3-7-21-19(16)25-8-10-28-11-9-25/h1-7,13,22H,8-12H2,(H,23,26)(H,24,27). The number of carbonyl (C=O) groups is 2. The zero-order valence-corrected chi connectivity index (χ0v) is 15.3. The normalized spacial score (nSPS) is 14.1. The highest BCUT2D eigenvalue weighted by Gasteiger charge is 2.20. The van der Waals surface area contributed by atoms with Crippen molar-refractivity contribution in [3.05, 3.63) is 59.9 Å². The van der Waals surface area contributed by atoms with Crippen LogP contribution < -0.4 is 15.8 Å². The van der Waals surface area contributed by atoms with Crippen LogP contribution in [0.4, 0.5) is 5.82 Å². The molecule has 1 fully saturated rings. The summed E-state index contributed by atoms with van der Waals surface area (Å²) in [7, 11) is 0. The topological polar surface area (TPSA) is 99.4 Å². The molecular formula is C20H21N5O3. The Balaban J connectivity index is 1.40. The summed E-state index contributed by atoms with van der Waals surface area (Å²) in [5, 5.41) is 0.992. The maximum Gasteiger partial charge on any atom is 0.273 e. The largest absolute Gasteiger partial charge is 0.378 e. The molecule has 3 aromatic rings. The van der Waals surface area contributed by atoms with Crippen LogP contribution >= 0.6 is 0 Å². The smallest absolute Gasteiger partial charge is 0.273 e. The molecule has 1 aliphatic heterocycles. The molecule has 28 heavy (non-hydrogen) atoms. The van der Waals surface area contributed by atoms with E-state index in [1.54, 1.807) is 18.3 Å². The first-order valence-corrected chi connectivity index (χ1v) is 9.14. The van der Waals surface area contributed by atoms with Gasteiger partial charge in [-0.2, -0.15) is 0 Å². The molecule has 0 spiro atoms. The van der Waals surface area contributed by atoms with Gasteiger partial charge in [0, 0.05) is 36.4 Å². The first-order chi connectivity index (χ1) is 13.7. The lowest BCUT2D eigenvalue weighted by Crippen LogP contribution is -2.44. The molecule has 1 aromatic carbocycles. The number of anilines is 1. The number of carbonyl (C=O) groups excluding carboxylic acids is 2. The number of hydrazine groups is 1. The Bertz CT molecular complexity index is 994. The summed E-state index contributed by atoms with van der Waals surface area (Å²) in [6, 6.07) is 11.2. The third-order valence-electron chi connectivity index (χ3n) is 4.68. The summed E-state index contributed by atoms with van der Waals surface area (Å²) in [5.74, 6) is -0.106. The van der Waals surface area contributed by atoms with Crippen molar-refractivity contribution in [1.29, 1.82) is 0 Å². The Morgan fingerprint density at radius 3 is 2.79 bits per heavy atom. The maximum atomic E-state index is 12.6. The molecule has 1 saturated heterocycles. The minimum atomic E-state index is -0.401. The van der Waals surface area contributed by atoms with E-state index in [4.69, 9.17) is 4.74 Å². The van der Waals surface area contributed by atoms with Gasteiger partial charge in [-0.1, -0.05) is 18.2 Å². The van der Waals surface area contributed by atoms with E-state index < -0.39 is 5.91 Å². The molecule has 0 atom stereocenters. The average molecular weight is 379 g/mol. The first kappa shape index (κ1) is 18.0. The summed E-state index contributed by atoms with van der Waals surface area (Å²) >= 11 is 0. The van der Waals surface area contributed by atoms with Crippen LogP contribution in [0, 0.1) is 0 Å². The zero-order chi connectivity index (χ0) is 19.3. The highest BCUT2D eigenvalue weighted by atomic mass is 16.5. The first-order valence-electron chi connectivity index (χ1n) is 9.14. The quantitative estimate of drug-likeness (QED) is 0.595. The highest BCUT2D eigenvalue weighted by Crippen LogP contribution is 2.19. The second kappa shape index (κ2) is 8.10. The van der Waals surface area contributed by atoms with E-state index >= 15 is 0 Å². The molecular weight excluding hydrogens is 358 g/mol. The second-order valence-corrected chi connectivity index (χ2v) is 6.51. The molecule has 8 nitrogen and oxygen atoms in total. The van der Waals surface area contributed by atoms with Crippen LogP contribution in [-0.4, -0.2) is 48.1 Å². The lowest BCUT2D eigenvalue weighted by atomic mass is 10.1. The van der Waals surface area contributed by atoms with Crippen LogP contribution in [0.1, 0.15) is 15.9 Å². The van der Waals surface area contributed by atoms with Crippen LogP contribution in [0.15, 0.2) is 48.8 Å². The fourth-order valence-corrected chi connectivity index (χ4v) is 3.29. The van der Waals surface area contributed by atoms with Crippen LogP contribution in [0.25, 0.3) is 10.9 Å². The molecule has 4 rings (SSSR count). The van der Waals surface area contributed by atoms with E-state index in [-0.39, 0.29) is 12.3 Å². The van der Waals surface area contributed by atoms with Crippen molar-refractivity contribution in [2.75, 3.05) is 31.2 Å². The number of hydrogen-bond donors (Lipinski definition) is 3. The van der Waals surface area contributed by atoms with Crippen molar-refractivity contribution in [1.82, 2.24) is 20.8 Å². The Kier molecular flexibility index (Phi) is 5.20. The van der Waals surface area contributed by atoms with Crippen LogP contribution in [0.2, 0.25) is 0 Å². The van der Waals surface area contributed by atoms with Gasteiger partial charge >= 0.3 is 0 Å². The molecule has 1 aliphatic rings. The van der Waals surface area contributed by atoms with Crippen molar-refractivity contribution in [3.63, 3.8) is 0 Å². The van der Waals surface area contributed by atoms with E-state index in [0.717, 1.165) is 16.5 Å². The molecule has 0 unspecified atom stereocenters. The SMILES string of the molecule is O=C(Cc1c[nH]c2ccccc12)NNC(=O)c1cccnc1N1CCOCC1. The number of rotatable bonds is 4. The number of morpholine rings is 1. The number of benzene rings is 1. The third kappa shape index (κ3) is 3.81. The molecule has 0 radical (unpaired) electrons. The van der Waals surface area contributed by atoms with Gasteiger partial charge in [-0.15, -0.1) is 0 Å². The number of aromatic amines is 1. The molecule has 3 heterocycles. The zero-order valence-electron chi connectivity index (χ0n) is 15.3. The van der Waals surface area contributed by atoms with Gasteiger partial charge in [0.25, 0.3) is 5.91 Å². The molecule has 8 heteroatoms. The fourth-order valence-electron chi connectivity index (χ4n) is 3.29. The van der Waals surface area contributed by atoms with Crippen LogP contribution in [-0.2, 0) is 16.0 Å². The number of aromatic nitrogens is 2. The number of H-pyrrole nitrogens is 1. The lowest BCUT2D eigenvalue weighted by molar-refractivity contribution is -0.121. The second-order valence-electron chi connectivity index (χ2n) is 6.51. The van der Waals surface area contributed by atoms with Gasteiger partial charge in [-0.05, 0) is 23.8 Å². The molecule has 2 aromatic heterocycles. The van der Waals surface area contributed by atoms with Gasteiger partial charge in [0.15, 0.2) is 0 Å². The molecule has 2 amide bonds. The Morgan fingerprint density at radius 1 is 1.11 bits per heavy atom. The van der Waals surface area contributed by atoms with Crippen LogP contribution in [0.5, 0.6) is 0 Å². The Morgan fingerprint density at radius 2 is 1.93 bits per heavy atom. The van der Waals surface area contributed by atoms with Gasteiger partial charge in [-0.25, -0.2) is 4.98 Å². The number of nitrogens with one attached hydrogen (secondary N) is 3. The highest BCUT2D eigenvalue weighted by molar-refractivity contribution is 6.00. The molecule has 0 bridgehead atoms. The van der Waals surface area contributed by atoms with Gasteiger partial charge in [-0.3, -0.25) is 20.4 Å². The number of nitrogens with zero attached hydrogens (tertiary/aromatic N) is 2.